The molecular formula is C19H27N3O3. The van der Waals surface area contributed by atoms with Gasteiger partial charge in [-0.05, 0) is 30.9 Å². The van der Waals surface area contributed by atoms with Crippen molar-refractivity contribution in [3.05, 3.63) is 30.1 Å². The van der Waals surface area contributed by atoms with Gasteiger partial charge in [0, 0.05) is 57.5 Å². The molecule has 0 bridgehead atoms. The first-order chi connectivity index (χ1) is 12.1. The molecule has 6 heteroatoms. The molecule has 3 rings (SSSR count). The number of ether oxygens (including phenoxy) is 1. The molecule has 2 amide bonds. The van der Waals surface area contributed by atoms with Gasteiger partial charge in [-0.25, -0.2) is 0 Å². The summed E-state index contributed by atoms with van der Waals surface area (Å²) >= 11 is 0. The van der Waals surface area contributed by atoms with Gasteiger partial charge in [0.1, 0.15) is 0 Å². The van der Waals surface area contributed by atoms with E-state index in [1.165, 1.54) is 0 Å². The molecule has 1 atom stereocenters. The molecule has 2 aliphatic heterocycles. The first-order valence-electron chi connectivity index (χ1n) is 9.05. The number of likely N-dealkylation sites (tertiary alicyclic amines) is 2. The fraction of sp³-hybridized carbons (Fsp3) is 0.632. The number of hydrogen-bond acceptors (Lipinski definition) is 4. The third-order valence-electron chi connectivity index (χ3n) is 5.41. The standard InChI is InChI=1S/C19H27N3O3/c1-25-11-10-22-15-19(7-5-17(22)23)6-3-9-21(14-19)18(24)12-16-4-2-8-20-13-16/h2,4,8,13H,3,5-7,9-12,14-15H2,1H3. The van der Waals surface area contributed by atoms with Crippen LogP contribution in [0.5, 0.6) is 0 Å². The lowest BCUT2D eigenvalue weighted by molar-refractivity contribution is -0.143. The van der Waals surface area contributed by atoms with Crippen LogP contribution in [0, 0.1) is 5.41 Å². The number of aromatic nitrogens is 1. The van der Waals surface area contributed by atoms with Crippen LogP contribution in [0.15, 0.2) is 24.5 Å². The van der Waals surface area contributed by atoms with Gasteiger partial charge in [0.2, 0.25) is 11.8 Å². The Morgan fingerprint density at radius 1 is 1.36 bits per heavy atom. The summed E-state index contributed by atoms with van der Waals surface area (Å²) in [7, 11) is 1.66. The third kappa shape index (κ3) is 4.37. The van der Waals surface area contributed by atoms with Crippen molar-refractivity contribution in [1.29, 1.82) is 0 Å². The Balaban J connectivity index is 1.63. The second-order valence-corrected chi connectivity index (χ2v) is 7.26. The molecule has 0 N–H and O–H groups in total. The van der Waals surface area contributed by atoms with E-state index < -0.39 is 0 Å². The predicted molar refractivity (Wildman–Crippen MR) is 93.9 cm³/mol. The van der Waals surface area contributed by atoms with E-state index in [0.29, 0.717) is 26.0 Å². The average Bonchev–Trinajstić information content (AvgIpc) is 2.64. The molecule has 1 aromatic rings. The normalized spacial score (nSPS) is 24.0. The monoisotopic (exact) mass is 345 g/mol. The zero-order valence-corrected chi connectivity index (χ0v) is 14.9. The zero-order chi connectivity index (χ0) is 17.7. The Morgan fingerprint density at radius 3 is 3.00 bits per heavy atom. The summed E-state index contributed by atoms with van der Waals surface area (Å²) in [5.41, 5.74) is 0.998. The minimum atomic E-state index is 0.0461. The van der Waals surface area contributed by atoms with Gasteiger partial charge in [-0.3, -0.25) is 14.6 Å². The Kier molecular flexibility index (Phi) is 5.68. The Bertz CT molecular complexity index is 607. The highest BCUT2D eigenvalue weighted by Crippen LogP contribution is 2.39. The van der Waals surface area contributed by atoms with E-state index in [1.807, 2.05) is 21.9 Å². The first-order valence-corrected chi connectivity index (χ1v) is 9.05. The lowest BCUT2D eigenvalue weighted by Gasteiger charge is -2.48. The Hall–Kier alpha value is -1.95. The van der Waals surface area contributed by atoms with Gasteiger partial charge < -0.3 is 14.5 Å². The molecule has 6 nitrogen and oxygen atoms in total. The van der Waals surface area contributed by atoms with Crippen molar-refractivity contribution in [1.82, 2.24) is 14.8 Å². The molecule has 1 aromatic heterocycles. The van der Waals surface area contributed by atoms with Crippen LogP contribution in [-0.2, 0) is 20.7 Å². The summed E-state index contributed by atoms with van der Waals surface area (Å²) in [6, 6.07) is 3.80. The van der Waals surface area contributed by atoms with E-state index in [0.717, 1.165) is 44.5 Å². The maximum atomic E-state index is 12.7. The van der Waals surface area contributed by atoms with Gasteiger partial charge in [0.25, 0.3) is 0 Å². The summed E-state index contributed by atoms with van der Waals surface area (Å²) in [6.45, 7) is 3.51. The molecule has 1 unspecified atom stereocenters. The van der Waals surface area contributed by atoms with Crippen molar-refractivity contribution in [3.8, 4) is 0 Å². The van der Waals surface area contributed by atoms with Crippen molar-refractivity contribution in [3.63, 3.8) is 0 Å². The second kappa shape index (κ2) is 7.95. The highest BCUT2D eigenvalue weighted by molar-refractivity contribution is 5.79. The molecule has 2 fully saturated rings. The van der Waals surface area contributed by atoms with Gasteiger partial charge in [0.05, 0.1) is 13.0 Å². The number of carbonyl (C=O) groups is 2. The van der Waals surface area contributed by atoms with E-state index in [1.54, 1.807) is 19.5 Å². The van der Waals surface area contributed by atoms with Crippen LogP contribution in [0.1, 0.15) is 31.2 Å². The first kappa shape index (κ1) is 17.9. The number of rotatable bonds is 5. The quantitative estimate of drug-likeness (QED) is 0.811. The van der Waals surface area contributed by atoms with Crippen molar-refractivity contribution in [2.24, 2.45) is 5.41 Å². The SMILES string of the molecule is COCCN1CC2(CCCN(C(=O)Cc3cccnc3)C2)CCC1=O. The minimum absolute atomic E-state index is 0.0461. The Morgan fingerprint density at radius 2 is 2.24 bits per heavy atom. The molecule has 0 aliphatic carbocycles. The summed E-state index contributed by atoms with van der Waals surface area (Å²) in [4.78, 5) is 32.9. The summed E-state index contributed by atoms with van der Waals surface area (Å²) < 4.78 is 5.13. The number of piperidine rings is 2. The fourth-order valence-corrected chi connectivity index (χ4v) is 4.05. The third-order valence-corrected chi connectivity index (χ3v) is 5.41. The van der Waals surface area contributed by atoms with Crippen LogP contribution >= 0.6 is 0 Å². The van der Waals surface area contributed by atoms with E-state index in [4.69, 9.17) is 4.74 Å². The van der Waals surface area contributed by atoms with E-state index in [-0.39, 0.29) is 17.2 Å². The minimum Gasteiger partial charge on any atom is -0.383 e. The van der Waals surface area contributed by atoms with Crippen LogP contribution in [0.2, 0.25) is 0 Å². The fourth-order valence-electron chi connectivity index (χ4n) is 4.05. The lowest BCUT2D eigenvalue weighted by atomic mass is 9.73. The molecule has 3 heterocycles. The van der Waals surface area contributed by atoms with Crippen molar-refractivity contribution < 1.29 is 14.3 Å². The van der Waals surface area contributed by atoms with Gasteiger partial charge in [-0.15, -0.1) is 0 Å². The largest absolute Gasteiger partial charge is 0.383 e. The summed E-state index contributed by atoms with van der Waals surface area (Å²) in [6.07, 6.45) is 7.42. The molecule has 0 aromatic carbocycles. The number of pyridine rings is 1. The molecular weight excluding hydrogens is 318 g/mol. The van der Waals surface area contributed by atoms with Gasteiger partial charge >= 0.3 is 0 Å². The lowest BCUT2D eigenvalue weighted by Crippen LogP contribution is -2.55. The number of methoxy groups -OCH3 is 1. The van der Waals surface area contributed by atoms with Gasteiger partial charge in [-0.1, -0.05) is 6.07 Å². The van der Waals surface area contributed by atoms with Crippen LogP contribution in [0.3, 0.4) is 0 Å². The molecule has 1 spiro atoms. The highest BCUT2D eigenvalue weighted by atomic mass is 16.5. The van der Waals surface area contributed by atoms with E-state index >= 15 is 0 Å². The van der Waals surface area contributed by atoms with E-state index in [9.17, 15) is 9.59 Å². The summed E-state index contributed by atoms with van der Waals surface area (Å²) in [5.74, 6) is 0.369. The van der Waals surface area contributed by atoms with Crippen LogP contribution in [-0.4, -0.2) is 66.5 Å². The van der Waals surface area contributed by atoms with Crippen molar-refractivity contribution >= 4 is 11.8 Å². The zero-order valence-electron chi connectivity index (χ0n) is 14.9. The number of amides is 2. The maximum Gasteiger partial charge on any atom is 0.227 e. The Labute approximate surface area is 149 Å². The van der Waals surface area contributed by atoms with Crippen molar-refractivity contribution in [2.75, 3.05) is 39.9 Å². The second-order valence-electron chi connectivity index (χ2n) is 7.26. The van der Waals surface area contributed by atoms with Crippen LogP contribution in [0.25, 0.3) is 0 Å². The van der Waals surface area contributed by atoms with Crippen molar-refractivity contribution in [2.45, 2.75) is 32.1 Å². The predicted octanol–water partition coefficient (Wildman–Crippen LogP) is 1.50. The average molecular weight is 345 g/mol. The van der Waals surface area contributed by atoms with Gasteiger partial charge in [-0.2, -0.15) is 0 Å². The van der Waals surface area contributed by atoms with Crippen LogP contribution in [0.4, 0.5) is 0 Å². The van der Waals surface area contributed by atoms with Gasteiger partial charge in [0.15, 0.2) is 0 Å². The molecule has 136 valence electrons. The molecule has 0 saturated carbocycles. The smallest absolute Gasteiger partial charge is 0.227 e. The molecule has 25 heavy (non-hydrogen) atoms. The topological polar surface area (TPSA) is 62.7 Å². The molecule has 0 radical (unpaired) electrons. The number of hydrogen-bond donors (Lipinski definition) is 0. The molecule has 2 saturated heterocycles. The summed E-state index contributed by atoms with van der Waals surface area (Å²) in [5, 5.41) is 0. The highest BCUT2D eigenvalue weighted by Gasteiger charge is 2.42. The maximum absolute atomic E-state index is 12.7. The number of nitrogens with zero attached hydrogens (tertiary/aromatic N) is 3. The van der Waals surface area contributed by atoms with Crippen LogP contribution < -0.4 is 0 Å². The van der Waals surface area contributed by atoms with E-state index in [2.05, 4.69) is 4.98 Å². The molecule has 2 aliphatic rings. The number of carbonyl (C=O) groups excluding carboxylic acids is 2.